The van der Waals surface area contributed by atoms with Crippen LogP contribution >= 0.6 is 0 Å². The van der Waals surface area contributed by atoms with Crippen molar-refractivity contribution in [1.29, 1.82) is 0 Å². The third-order valence-electron chi connectivity index (χ3n) is 3.73. The van der Waals surface area contributed by atoms with Crippen LogP contribution in [0.5, 0.6) is 5.75 Å². The maximum atomic E-state index is 12.5. The molecule has 0 spiro atoms. The molecular formula is C16H19NO6. The molecule has 7 heteroatoms. The van der Waals surface area contributed by atoms with Gasteiger partial charge in [-0.15, -0.1) is 0 Å². The van der Waals surface area contributed by atoms with Crippen LogP contribution in [-0.4, -0.2) is 54.2 Å². The number of aliphatic hydroxyl groups excluding tert-OH is 1. The summed E-state index contributed by atoms with van der Waals surface area (Å²) in [7, 11) is 1.41. The molecule has 23 heavy (non-hydrogen) atoms. The smallest absolute Gasteiger partial charge is 0.313 e. The van der Waals surface area contributed by atoms with Crippen LogP contribution in [0, 0.1) is 5.92 Å². The molecule has 1 aliphatic heterocycles. The first-order valence-electron chi connectivity index (χ1n) is 7.30. The second-order valence-corrected chi connectivity index (χ2v) is 5.20. The largest absolute Gasteiger partial charge is 0.496 e. The fourth-order valence-corrected chi connectivity index (χ4v) is 2.51. The van der Waals surface area contributed by atoms with Crippen LogP contribution in [0.1, 0.15) is 34.6 Å². The second-order valence-electron chi connectivity index (χ2n) is 5.20. The maximum absolute atomic E-state index is 12.5. The Kier molecular flexibility index (Phi) is 5.00. The second kappa shape index (κ2) is 6.78. The van der Waals surface area contributed by atoms with Crippen LogP contribution in [0.3, 0.4) is 0 Å². The van der Waals surface area contributed by atoms with E-state index in [2.05, 4.69) is 0 Å². The summed E-state index contributed by atoms with van der Waals surface area (Å²) in [5.74, 6) is -2.40. The van der Waals surface area contributed by atoms with Crippen molar-refractivity contribution in [2.45, 2.75) is 20.0 Å². The lowest BCUT2D eigenvalue weighted by molar-refractivity contribution is -0.151. The number of methoxy groups -OCH3 is 1. The van der Waals surface area contributed by atoms with E-state index in [0.717, 1.165) is 4.90 Å². The normalized spacial score (nSPS) is 16.1. The zero-order chi connectivity index (χ0) is 17.1. The molecule has 124 valence electrons. The van der Waals surface area contributed by atoms with E-state index < -0.39 is 29.8 Å². The minimum atomic E-state index is -1.06. The summed E-state index contributed by atoms with van der Waals surface area (Å²) in [6.45, 7) is 2.97. The minimum absolute atomic E-state index is 0.151. The van der Waals surface area contributed by atoms with Gasteiger partial charge in [-0.2, -0.15) is 0 Å². The quantitative estimate of drug-likeness (QED) is 0.617. The number of rotatable bonds is 6. The van der Waals surface area contributed by atoms with Crippen molar-refractivity contribution in [2.24, 2.45) is 5.92 Å². The number of nitrogens with zero attached hydrogens (tertiary/aromatic N) is 1. The Morgan fingerprint density at radius 3 is 2.57 bits per heavy atom. The van der Waals surface area contributed by atoms with Gasteiger partial charge in [0.2, 0.25) is 0 Å². The molecule has 0 bridgehead atoms. The number of hydrogen-bond acceptors (Lipinski definition) is 6. The van der Waals surface area contributed by atoms with Crippen molar-refractivity contribution in [3.63, 3.8) is 0 Å². The predicted molar refractivity (Wildman–Crippen MR) is 80.2 cm³/mol. The Morgan fingerprint density at radius 1 is 1.30 bits per heavy atom. The summed E-state index contributed by atoms with van der Waals surface area (Å²) in [6, 6.07) is 4.73. The molecule has 7 nitrogen and oxygen atoms in total. The first-order valence-corrected chi connectivity index (χ1v) is 7.30. The van der Waals surface area contributed by atoms with E-state index in [0.29, 0.717) is 5.75 Å². The third kappa shape index (κ3) is 3.05. The van der Waals surface area contributed by atoms with Gasteiger partial charge in [-0.25, -0.2) is 0 Å². The van der Waals surface area contributed by atoms with Crippen molar-refractivity contribution >= 4 is 17.8 Å². The molecule has 0 aromatic heterocycles. The lowest BCUT2D eigenvalue weighted by atomic mass is 10.0. The Hall–Kier alpha value is -2.41. The zero-order valence-electron chi connectivity index (χ0n) is 13.2. The lowest BCUT2D eigenvalue weighted by Gasteiger charge is -2.23. The Morgan fingerprint density at radius 2 is 2.00 bits per heavy atom. The average Bonchev–Trinajstić information content (AvgIpc) is 2.76. The molecule has 1 N–H and O–H groups in total. The van der Waals surface area contributed by atoms with Crippen LogP contribution in [0.25, 0.3) is 0 Å². The Balaban J connectivity index is 2.30. The molecule has 2 atom stereocenters. The molecule has 0 saturated heterocycles. The van der Waals surface area contributed by atoms with Gasteiger partial charge < -0.3 is 14.6 Å². The number of fused-ring (bicyclic) bond motifs is 1. The Labute approximate surface area is 133 Å². The van der Waals surface area contributed by atoms with Gasteiger partial charge in [0.15, 0.2) is 0 Å². The number of carbonyl (C=O) groups is 3. The van der Waals surface area contributed by atoms with Crippen LogP contribution in [-0.2, 0) is 9.53 Å². The van der Waals surface area contributed by atoms with Crippen molar-refractivity contribution < 1.29 is 29.0 Å². The monoisotopic (exact) mass is 321 g/mol. The average molecular weight is 321 g/mol. The molecule has 0 saturated carbocycles. The van der Waals surface area contributed by atoms with Crippen LogP contribution in [0.15, 0.2) is 18.2 Å². The van der Waals surface area contributed by atoms with Crippen LogP contribution in [0.2, 0.25) is 0 Å². The predicted octanol–water partition coefficient (Wildman–Crippen LogP) is 0.851. The van der Waals surface area contributed by atoms with E-state index in [-0.39, 0.29) is 24.3 Å². The van der Waals surface area contributed by atoms with Gasteiger partial charge in [0.25, 0.3) is 11.8 Å². The zero-order valence-corrected chi connectivity index (χ0v) is 13.2. The minimum Gasteiger partial charge on any atom is -0.496 e. The number of carbonyl (C=O) groups excluding carboxylic acids is 3. The highest BCUT2D eigenvalue weighted by atomic mass is 16.5. The van der Waals surface area contributed by atoms with Gasteiger partial charge in [0, 0.05) is 6.54 Å². The highest BCUT2D eigenvalue weighted by Gasteiger charge is 2.41. The molecule has 0 aliphatic carbocycles. The van der Waals surface area contributed by atoms with Crippen molar-refractivity contribution in [3.05, 3.63) is 29.3 Å². The van der Waals surface area contributed by atoms with Crippen molar-refractivity contribution in [2.75, 3.05) is 20.3 Å². The molecule has 1 aliphatic rings. The topological polar surface area (TPSA) is 93.1 Å². The van der Waals surface area contributed by atoms with Crippen molar-refractivity contribution in [1.82, 2.24) is 4.90 Å². The number of hydrogen-bond donors (Lipinski definition) is 1. The summed E-state index contributed by atoms with van der Waals surface area (Å²) in [5, 5.41) is 9.78. The van der Waals surface area contributed by atoms with Gasteiger partial charge in [-0.3, -0.25) is 19.3 Å². The number of ether oxygens (including phenoxy) is 2. The van der Waals surface area contributed by atoms with E-state index in [1.54, 1.807) is 19.1 Å². The van der Waals surface area contributed by atoms with Gasteiger partial charge in [0.1, 0.15) is 11.7 Å². The molecule has 1 heterocycles. The van der Waals surface area contributed by atoms with Crippen LogP contribution in [0.4, 0.5) is 0 Å². The standard InChI is InChI=1S/C16H19NO6/c1-4-23-16(21)11(9(2)18)8-17-14(19)10-6-5-7-12(22-3)13(10)15(17)20/h5-7,9,11,18H,4,8H2,1-3H3/t9-,11-/m1/s1. The fourth-order valence-electron chi connectivity index (χ4n) is 2.51. The van der Waals surface area contributed by atoms with Gasteiger partial charge in [-0.1, -0.05) is 6.07 Å². The summed E-state index contributed by atoms with van der Waals surface area (Å²) in [4.78, 5) is 37.8. The summed E-state index contributed by atoms with van der Waals surface area (Å²) < 4.78 is 10.0. The number of esters is 1. The summed E-state index contributed by atoms with van der Waals surface area (Å²) in [6.07, 6.45) is -1.06. The lowest BCUT2D eigenvalue weighted by Crippen LogP contribution is -2.42. The summed E-state index contributed by atoms with van der Waals surface area (Å²) in [5.41, 5.74) is 0.399. The van der Waals surface area contributed by atoms with Gasteiger partial charge >= 0.3 is 5.97 Å². The number of benzene rings is 1. The molecule has 1 aromatic rings. The SMILES string of the molecule is CCOC(=O)[C@H](CN1C(=O)c2cccc(OC)c2C1=O)[C@@H](C)O. The number of amides is 2. The molecule has 0 fully saturated rings. The summed E-state index contributed by atoms with van der Waals surface area (Å²) >= 11 is 0. The fraction of sp³-hybridized carbons (Fsp3) is 0.438. The first kappa shape index (κ1) is 17.0. The Bertz CT molecular complexity index is 639. The van der Waals surface area contributed by atoms with Crippen molar-refractivity contribution in [3.8, 4) is 5.75 Å². The van der Waals surface area contributed by atoms with Gasteiger partial charge in [-0.05, 0) is 26.0 Å². The number of aliphatic hydroxyl groups is 1. The van der Waals surface area contributed by atoms with E-state index in [9.17, 15) is 19.5 Å². The van der Waals surface area contributed by atoms with Gasteiger partial charge in [0.05, 0.1) is 30.9 Å². The highest BCUT2D eigenvalue weighted by Crippen LogP contribution is 2.31. The highest BCUT2D eigenvalue weighted by molar-refractivity contribution is 6.22. The molecule has 2 rings (SSSR count). The molecule has 0 radical (unpaired) electrons. The third-order valence-corrected chi connectivity index (χ3v) is 3.73. The number of imide groups is 1. The van der Waals surface area contributed by atoms with E-state index in [1.807, 2.05) is 0 Å². The van der Waals surface area contributed by atoms with Crippen LogP contribution < -0.4 is 4.74 Å². The molecule has 1 aromatic carbocycles. The maximum Gasteiger partial charge on any atom is 0.313 e. The molecule has 2 amide bonds. The molecule has 0 unspecified atom stereocenters. The molecular weight excluding hydrogens is 302 g/mol. The van der Waals surface area contributed by atoms with E-state index in [1.165, 1.54) is 20.1 Å². The first-order chi connectivity index (χ1) is 10.9. The van der Waals surface area contributed by atoms with E-state index in [4.69, 9.17) is 9.47 Å². The van der Waals surface area contributed by atoms with E-state index >= 15 is 0 Å².